The van der Waals surface area contributed by atoms with Crippen molar-refractivity contribution in [2.75, 3.05) is 52.7 Å². The van der Waals surface area contributed by atoms with Gasteiger partial charge in [-0.05, 0) is 40.5 Å². The first-order valence-corrected chi connectivity index (χ1v) is 8.30. The summed E-state index contributed by atoms with van der Waals surface area (Å²) in [5, 5.41) is 0.621. The second-order valence-corrected chi connectivity index (χ2v) is 6.23. The van der Waals surface area contributed by atoms with E-state index >= 15 is 0 Å². The van der Waals surface area contributed by atoms with Crippen LogP contribution in [0.4, 0.5) is 0 Å². The van der Waals surface area contributed by atoms with Crippen LogP contribution in [0.1, 0.15) is 5.56 Å². The zero-order valence-corrected chi connectivity index (χ0v) is 14.6. The van der Waals surface area contributed by atoms with Gasteiger partial charge in [0.2, 0.25) is 0 Å². The molecule has 4 nitrogen and oxygen atoms in total. The topological polar surface area (TPSA) is 30.9 Å². The Morgan fingerprint density at radius 1 is 1.24 bits per heavy atom. The van der Waals surface area contributed by atoms with Crippen LogP contribution in [-0.2, 0) is 9.47 Å². The zero-order valence-electron chi connectivity index (χ0n) is 12.2. The third-order valence-corrected chi connectivity index (χ3v) is 4.14. The van der Waals surface area contributed by atoms with Crippen LogP contribution in [-0.4, -0.2) is 57.6 Å². The van der Waals surface area contributed by atoms with Crippen molar-refractivity contribution in [2.45, 2.75) is 6.92 Å². The number of aryl methyl sites for hydroxylation is 1. The van der Waals surface area contributed by atoms with E-state index in [1.165, 1.54) is 0 Å². The number of benzene rings is 1. The molecule has 0 radical (unpaired) electrons. The Balaban J connectivity index is 1.61. The first-order valence-electron chi connectivity index (χ1n) is 7.13. The van der Waals surface area contributed by atoms with Gasteiger partial charge in [0.15, 0.2) is 5.75 Å². The predicted molar refractivity (Wildman–Crippen MR) is 87.5 cm³/mol. The number of halogens is 2. The van der Waals surface area contributed by atoms with Gasteiger partial charge in [0, 0.05) is 19.6 Å². The first kappa shape index (κ1) is 17.0. The average Bonchev–Trinajstić information content (AvgIpc) is 2.45. The molecule has 1 heterocycles. The van der Waals surface area contributed by atoms with Gasteiger partial charge in [-0.3, -0.25) is 4.90 Å². The van der Waals surface area contributed by atoms with Crippen molar-refractivity contribution in [1.82, 2.24) is 4.90 Å². The van der Waals surface area contributed by atoms with Crippen molar-refractivity contribution in [3.8, 4) is 5.75 Å². The first-order chi connectivity index (χ1) is 10.2. The molecule has 0 amide bonds. The highest BCUT2D eigenvalue weighted by atomic mass is 79.9. The Kier molecular flexibility index (Phi) is 7.26. The molecule has 0 saturated carbocycles. The van der Waals surface area contributed by atoms with Crippen molar-refractivity contribution in [2.24, 2.45) is 0 Å². The minimum atomic E-state index is 0.491. The molecular formula is C15H21BrClNO3. The SMILES string of the molecule is Cc1cc(Cl)c(OCCOCCN2CCOCC2)c(Br)c1. The Labute approximate surface area is 139 Å². The molecule has 21 heavy (non-hydrogen) atoms. The largest absolute Gasteiger partial charge is 0.488 e. The molecule has 1 aromatic rings. The Bertz CT molecular complexity index is 430. The maximum Gasteiger partial charge on any atom is 0.152 e. The summed E-state index contributed by atoms with van der Waals surface area (Å²) < 4.78 is 17.5. The lowest BCUT2D eigenvalue weighted by Gasteiger charge is -2.26. The molecule has 0 spiro atoms. The molecule has 6 heteroatoms. The molecule has 1 fully saturated rings. The molecule has 0 aliphatic carbocycles. The van der Waals surface area contributed by atoms with Gasteiger partial charge in [-0.1, -0.05) is 11.6 Å². The second-order valence-electron chi connectivity index (χ2n) is 4.97. The predicted octanol–water partition coefficient (Wildman–Crippen LogP) is 3.14. The van der Waals surface area contributed by atoms with Gasteiger partial charge < -0.3 is 14.2 Å². The van der Waals surface area contributed by atoms with Crippen LogP contribution >= 0.6 is 27.5 Å². The van der Waals surface area contributed by atoms with Gasteiger partial charge in [-0.25, -0.2) is 0 Å². The van der Waals surface area contributed by atoms with Crippen molar-refractivity contribution in [3.05, 3.63) is 27.2 Å². The van der Waals surface area contributed by atoms with Crippen molar-refractivity contribution >= 4 is 27.5 Å². The van der Waals surface area contributed by atoms with Crippen LogP contribution in [0.15, 0.2) is 16.6 Å². The molecule has 0 atom stereocenters. The van der Waals surface area contributed by atoms with Crippen molar-refractivity contribution in [3.63, 3.8) is 0 Å². The molecule has 0 unspecified atom stereocenters. The van der Waals surface area contributed by atoms with Gasteiger partial charge in [0.25, 0.3) is 0 Å². The summed E-state index contributed by atoms with van der Waals surface area (Å²) in [5.74, 6) is 0.680. The lowest BCUT2D eigenvalue weighted by atomic mass is 10.2. The molecule has 1 aliphatic heterocycles. The lowest BCUT2D eigenvalue weighted by molar-refractivity contribution is 0.0170. The molecule has 0 aromatic heterocycles. The zero-order chi connectivity index (χ0) is 15.1. The van der Waals surface area contributed by atoms with Crippen molar-refractivity contribution in [1.29, 1.82) is 0 Å². The van der Waals surface area contributed by atoms with Gasteiger partial charge in [0.05, 0.1) is 35.9 Å². The highest BCUT2D eigenvalue weighted by Crippen LogP contribution is 2.34. The van der Waals surface area contributed by atoms with Crippen LogP contribution in [0.3, 0.4) is 0 Å². The normalized spacial score (nSPS) is 16.1. The lowest BCUT2D eigenvalue weighted by Crippen LogP contribution is -2.38. The van der Waals surface area contributed by atoms with E-state index in [1.807, 2.05) is 19.1 Å². The van der Waals surface area contributed by atoms with E-state index in [9.17, 15) is 0 Å². The van der Waals surface area contributed by atoms with Crippen LogP contribution in [0.2, 0.25) is 5.02 Å². The van der Waals surface area contributed by atoms with Crippen LogP contribution in [0.5, 0.6) is 5.75 Å². The molecule has 1 aliphatic rings. The number of hydrogen-bond donors (Lipinski definition) is 0. The summed E-state index contributed by atoms with van der Waals surface area (Å²) in [5.41, 5.74) is 1.10. The average molecular weight is 379 g/mol. The summed E-state index contributed by atoms with van der Waals surface area (Å²) in [4.78, 5) is 2.35. The summed E-state index contributed by atoms with van der Waals surface area (Å²) in [6, 6.07) is 3.88. The maximum absolute atomic E-state index is 6.16. The summed E-state index contributed by atoms with van der Waals surface area (Å²) in [7, 11) is 0. The third-order valence-electron chi connectivity index (χ3n) is 3.27. The monoisotopic (exact) mass is 377 g/mol. The van der Waals surface area contributed by atoms with E-state index in [1.54, 1.807) is 0 Å². The van der Waals surface area contributed by atoms with Crippen LogP contribution < -0.4 is 4.74 Å². The van der Waals surface area contributed by atoms with E-state index < -0.39 is 0 Å². The molecule has 1 saturated heterocycles. The highest BCUT2D eigenvalue weighted by molar-refractivity contribution is 9.10. The standard InChI is InChI=1S/C15H21BrClNO3/c1-12-10-13(16)15(14(17)11-12)21-9-8-20-7-4-18-2-5-19-6-3-18/h10-11H,2-9H2,1H3. The Morgan fingerprint density at radius 3 is 2.71 bits per heavy atom. The Morgan fingerprint density at radius 2 is 2.00 bits per heavy atom. The van der Waals surface area contributed by atoms with Gasteiger partial charge in [0.1, 0.15) is 6.61 Å². The second kappa shape index (κ2) is 8.96. The molecule has 0 bridgehead atoms. The molecular weight excluding hydrogens is 358 g/mol. The maximum atomic E-state index is 6.16. The fourth-order valence-corrected chi connectivity index (χ4v) is 3.28. The van der Waals surface area contributed by atoms with E-state index in [2.05, 4.69) is 20.8 Å². The van der Waals surface area contributed by atoms with E-state index in [4.69, 9.17) is 25.8 Å². The minimum Gasteiger partial charge on any atom is -0.488 e. The Hall–Kier alpha value is -0.330. The number of hydrogen-bond acceptors (Lipinski definition) is 4. The quantitative estimate of drug-likeness (QED) is 0.682. The van der Waals surface area contributed by atoms with E-state index in [-0.39, 0.29) is 0 Å². The third kappa shape index (κ3) is 5.75. The molecule has 118 valence electrons. The van der Waals surface area contributed by atoms with Crippen LogP contribution in [0, 0.1) is 6.92 Å². The summed E-state index contributed by atoms with van der Waals surface area (Å²) >= 11 is 9.63. The number of morpholine rings is 1. The van der Waals surface area contributed by atoms with Gasteiger partial charge in [-0.15, -0.1) is 0 Å². The summed E-state index contributed by atoms with van der Waals surface area (Å²) in [6.45, 7) is 8.33. The molecule has 2 rings (SSSR count). The number of rotatable bonds is 7. The van der Waals surface area contributed by atoms with Crippen LogP contribution in [0.25, 0.3) is 0 Å². The van der Waals surface area contributed by atoms with Gasteiger partial charge in [-0.2, -0.15) is 0 Å². The fourth-order valence-electron chi connectivity index (χ4n) is 2.15. The fraction of sp³-hybridized carbons (Fsp3) is 0.600. The van der Waals surface area contributed by atoms with Gasteiger partial charge >= 0.3 is 0 Å². The smallest absolute Gasteiger partial charge is 0.152 e. The summed E-state index contributed by atoms with van der Waals surface area (Å²) in [6.07, 6.45) is 0. The molecule has 1 aromatic carbocycles. The highest BCUT2D eigenvalue weighted by Gasteiger charge is 2.10. The number of nitrogens with zero attached hydrogens (tertiary/aromatic N) is 1. The number of ether oxygens (including phenoxy) is 3. The van der Waals surface area contributed by atoms with E-state index in [0.717, 1.165) is 42.9 Å². The minimum absolute atomic E-state index is 0.491. The van der Waals surface area contributed by atoms with Crippen molar-refractivity contribution < 1.29 is 14.2 Å². The molecule has 0 N–H and O–H groups in total. The van der Waals surface area contributed by atoms with E-state index in [0.29, 0.717) is 30.6 Å².